The molecule has 0 radical (unpaired) electrons. The van der Waals surface area contributed by atoms with Gasteiger partial charge in [-0.1, -0.05) is 5.16 Å². The second-order valence-electron chi connectivity index (χ2n) is 6.04. The molecule has 1 aliphatic rings. The number of piperidine rings is 1. The first-order valence-corrected chi connectivity index (χ1v) is 9.11. The van der Waals surface area contributed by atoms with E-state index in [-0.39, 0.29) is 4.90 Å². The van der Waals surface area contributed by atoms with Gasteiger partial charge in [0.25, 0.3) is 5.89 Å². The molecule has 1 saturated heterocycles. The Balaban J connectivity index is 1.69. The Morgan fingerprint density at radius 3 is 2.52 bits per heavy atom. The number of rotatable bonds is 4. The maximum Gasteiger partial charge on any atom is 0.257 e. The molecular formula is C15H20N4O3S. The summed E-state index contributed by atoms with van der Waals surface area (Å²) in [7, 11) is -1.56. The molecule has 0 unspecified atom stereocenters. The van der Waals surface area contributed by atoms with Crippen molar-refractivity contribution in [1.82, 2.24) is 15.0 Å². The molecular weight excluding hydrogens is 316 g/mol. The number of aromatic nitrogens is 2. The van der Waals surface area contributed by atoms with Gasteiger partial charge in [0, 0.05) is 12.0 Å². The lowest BCUT2D eigenvalue weighted by molar-refractivity contribution is 0.216. The van der Waals surface area contributed by atoms with E-state index < -0.39 is 10.0 Å². The summed E-state index contributed by atoms with van der Waals surface area (Å²) < 4.78 is 27.8. The van der Waals surface area contributed by atoms with Gasteiger partial charge in [-0.05, 0) is 63.2 Å². The Labute approximate surface area is 135 Å². The molecule has 0 spiro atoms. The zero-order valence-electron chi connectivity index (χ0n) is 13.0. The van der Waals surface area contributed by atoms with Crippen LogP contribution in [-0.4, -0.2) is 43.6 Å². The van der Waals surface area contributed by atoms with Crippen LogP contribution >= 0.6 is 0 Å². The minimum absolute atomic E-state index is 0.0623. The highest BCUT2D eigenvalue weighted by Crippen LogP contribution is 2.23. The minimum Gasteiger partial charge on any atom is -0.334 e. The molecule has 3 rings (SSSR count). The molecule has 124 valence electrons. The molecule has 0 atom stereocenters. The summed E-state index contributed by atoms with van der Waals surface area (Å²) >= 11 is 0. The fraction of sp³-hybridized carbons (Fsp3) is 0.467. The number of nitrogens with zero attached hydrogens (tertiary/aromatic N) is 3. The van der Waals surface area contributed by atoms with Gasteiger partial charge in [-0.3, -0.25) is 0 Å². The van der Waals surface area contributed by atoms with Crippen molar-refractivity contribution in [2.75, 3.05) is 20.1 Å². The van der Waals surface area contributed by atoms with Gasteiger partial charge in [-0.15, -0.1) is 0 Å². The van der Waals surface area contributed by atoms with Crippen LogP contribution in [0, 0.1) is 5.92 Å². The van der Waals surface area contributed by atoms with Crippen LogP contribution in [0.4, 0.5) is 0 Å². The van der Waals surface area contributed by atoms with Gasteiger partial charge >= 0.3 is 0 Å². The minimum atomic E-state index is -3.69. The first kappa shape index (κ1) is 16.1. The van der Waals surface area contributed by atoms with Gasteiger partial charge < -0.3 is 9.42 Å². The second kappa shape index (κ2) is 6.38. The number of benzene rings is 1. The van der Waals surface area contributed by atoms with Crippen LogP contribution in [0.2, 0.25) is 0 Å². The molecule has 8 heteroatoms. The SMILES string of the molecule is CN1CCC(Cc2noc(-c3ccc(S(N)(=O)=O)cc3)n2)CC1. The summed E-state index contributed by atoms with van der Waals surface area (Å²) in [6, 6.07) is 6.11. The van der Waals surface area contributed by atoms with Crippen molar-refractivity contribution in [2.24, 2.45) is 11.1 Å². The lowest BCUT2D eigenvalue weighted by atomic mass is 9.94. The van der Waals surface area contributed by atoms with Gasteiger partial charge in [0.05, 0.1) is 4.90 Å². The molecule has 1 aromatic heterocycles. The molecule has 0 bridgehead atoms. The molecule has 23 heavy (non-hydrogen) atoms. The van der Waals surface area contributed by atoms with E-state index in [1.165, 1.54) is 12.1 Å². The van der Waals surface area contributed by atoms with Gasteiger partial charge in [0.15, 0.2) is 5.82 Å². The highest BCUT2D eigenvalue weighted by Gasteiger charge is 2.20. The van der Waals surface area contributed by atoms with E-state index in [1.807, 2.05) is 0 Å². The van der Waals surface area contributed by atoms with Crippen LogP contribution in [0.15, 0.2) is 33.7 Å². The first-order valence-electron chi connectivity index (χ1n) is 7.56. The average molecular weight is 336 g/mol. The average Bonchev–Trinajstić information content (AvgIpc) is 2.97. The predicted molar refractivity (Wildman–Crippen MR) is 85.0 cm³/mol. The Morgan fingerprint density at radius 2 is 1.91 bits per heavy atom. The number of likely N-dealkylation sites (tertiary alicyclic amines) is 1. The molecule has 7 nitrogen and oxygen atoms in total. The molecule has 2 aromatic rings. The zero-order valence-corrected chi connectivity index (χ0v) is 13.8. The second-order valence-corrected chi connectivity index (χ2v) is 7.60. The molecule has 1 fully saturated rings. The molecule has 0 saturated carbocycles. The van der Waals surface area contributed by atoms with Gasteiger partial charge in [-0.25, -0.2) is 13.6 Å². The van der Waals surface area contributed by atoms with Crippen molar-refractivity contribution in [2.45, 2.75) is 24.2 Å². The standard InChI is InChI=1S/C15H20N4O3S/c1-19-8-6-11(7-9-19)10-14-17-15(22-18-14)12-2-4-13(5-3-12)23(16,20)21/h2-5,11H,6-10H2,1H3,(H2,16,20,21). The van der Waals surface area contributed by atoms with Crippen molar-refractivity contribution in [3.8, 4) is 11.5 Å². The molecule has 0 aliphatic carbocycles. The Morgan fingerprint density at radius 1 is 1.26 bits per heavy atom. The monoisotopic (exact) mass is 336 g/mol. The van der Waals surface area contributed by atoms with Crippen LogP contribution in [0.5, 0.6) is 0 Å². The number of nitrogens with two attached hydrogens (primary N) is 1. The van der Waals surface area contributed by atoms with Crippen LogP contribution in [-0.2, 0) is 16.4 Å². The molecule has 2 N–H and O–H groups in total. The number of primary sulfonamides is 1. The smallest absolute Gasteiger partial charge is 0.257 e. The number of hydrogen-bond donors (Lipinski definition) is 1. The fourth-order valence-electron chi connectivity index (χ4n) is 2.77. The summed E-state index contributed by atoms with van der Waals surface area (Å²) in [5.41, 5.74) is 0.680. The lowest BCUT2D eigenvalue weighted by Gasteiger charge is -2.27. The summed E-state index contributed by atoms with van der Waals surface area (Å²) in [5.74, 6) is 1.68. The highest BCUT2D eigenvalue weighted by atomic mass is 32.2. The van der Waals surface area contributed by atoms with E-state index >= 15 is 0 Å². The van der Waals surface area contributed by atoms with Gasteiger partial charge in [0.1, 0.15) is 0 Å². The summed E-state index contributed by atoms with van der Waals surface area (Å²) in [5, 5.41) is 9.12. The molecule has 1 aliphatic heterocycles. The van der Waals surface area contributed by atoms with Gasteiger partial charge in [0.2, 0.25) is 10.0 Å². The molecule has 1 aromatic carbocycles. The summed E-state index contributed by atoms with van der Waals surface area (Å²) in [6.45, 7) is 2.20. The Kier molecular flexibility index (Phi) is 4.47. The van der Waals surface area contributed by atoms with E-state index in [0.29, 0.717) is 23.2 Å². The maximum absolute atomic E-state index is 11.3. The van der Waals surface area contributed by atoms with Crippen LogP contribution < -0.4 is 5.14 Å². The lowest BCUT2D eigenvalue weighted by Crippen LogP contribution is -2.31. The number of hydrogen-bond acceptors (Lipinski definition) is 6. The van der Waals surface area contributed by atoms with Crippen molar-refractivity contribution >= 4 is 10.0 Å². The van der Waals surface area contributed by atoms with Crippen LogP contribution in [0.25, 0.3) is 11.5 Å². The first-order chi connectivity index (χ1) is 10.9. The fourth-order valence-corrected chi connectivity index (χ4v) is 3.28. The molecule has 2 heterocycles. The molecule has 0 amide bonds. The van der Waals surface area contributed by atoms with E-state index in [1.54, 1.807) is 12.1 Å². The van der Waals surface area contributed by atoms with Crippen molar-refractivity contribution < 1.29 is 12.9 Å². The van der Waals surface area contributed by atoms with Crippen LogP contribution in [0.3, 0.4) is 0 Å². The number of sulfonamides is 1. The summed E-state index contributed by atoms with van der Waals surface area (Å²) in [4.78, 5) is 6.80. The normalized spacial score (nSPS) is 17.5. The van der Waals surface area contributed by atoms with E-state index in [4.69, 9.17) is 9.66 Å². The third kappa shape index (κ3) is 3.95. The van der Waals surface area contributed by atoms with Crippen LogP contribution in [0.1, 0.15) is 18.7 Å². The zero-order chi connectivity index (χ0) is 16.4. The van der Waals surface area contributed by atoms with Gasteiger partial charge in [-0.2, -0.15) is 4.98 Å². The van der Waals surface area contributed by atoms with Crippen molar-refractivity contribution in [1.29, 1.82) is 0 Å². The summed E-state index contributed by atoms with van der Waals surface area (Å²) in [6.07, 6.45) is 3.10. The third-order valence-electron chi connectivity index (χ3n) is 4.21. The predicted octanol–water partition coefficient (Wildman–Crippen LogP) is 1.27. The van der Waals surface area contributed by atoms with Crippen molar-refractivity contribution in [3.63, 3.8) is 0 Å². The maximum atomic E-state index is 11.3. The highest BCUT2D eigenvalue weighted by molar-refractivity contribution is 7.89. The van der Waals surface area contributed by atoms with E-state index in [2.05, 4.69) is 22.1 Å². The quantitative estimate of drug-likeness (QED) is 0.902. The van der Waals surface area contributed by atoms with Crippen molar-refractivity contribution in [3.05, 3.63) is 30.1 Å². The Bertz CT molecular complexity index is 762. The topological polar surface area (TPSA) is 102 Å². The van der Waals surface area contributed by atoms with E-state index in [0.717, 1.165) is 32.4 Å². The van der Waals surface area contributed by atoms with E-state index in [9.17, 15) is 8.42 Å². The third-order valence-corrected chi connectivity index (χ3v) is 5.14. The largest absolute Gasteiger partial charge is 0.334 e. The Hall–Kier alpha value is -1.77.